The highest BCUT2D eigenvalue weighted by atomic mass is 32.2. The highest BCUT2D eigenvalue weighted by molar-refractivity contribution is 8.02. The summed E-state index contributed by atoms with van der Waals surface area (Å²) in [4.78, 5) is 12.6. The van der Waals surface area contributed by atoms with Gasteiger partial charge in [0, 0.05) is 17.5 Å². The van der Waals surface area contributed by atoms with E-state index in [-0.39, 0.29) is 12.1 Å². The van der Waals surface area contributed by atoms with Gasteiger partial charge in [-0.1, -0.05) is 30.0 Å². The number of benzene rings is 2. The molecule has 0 spiro atoms. The van der Waals surface area contributed by atoms with Crippen LogP contribution in [-0.4, -0.2) is 5.91 Å². The molecular weight excluding hydrogens is 342 g/mol. The molecule has 7 heteroatoms. The Morgan fingerprint density at radius 3 is 2.50 bits per heavy atom. The molecule has 0 aliphatic heterocycles. The molecular formula is C17H13F4NOS. The average molecular weight is 355 g/mol. The van der Waals surface area contributed by atoms with E-state index in [0.717, 1.165) is 17.0 Å². The van der Waals surface area contributed by atoms with E-state index in [1.807, 2.05) is 30.3 Å². The first-order chi connectivity index (χ1) is 11.3. The van der Waals surface area contributed by atoms with Gasteiger partial charge in [0.25, 0.3) is 0 Å². The van der Waals surface area contributed by atoms with E-state index in [1.165, 1.54) is 17.8 Å². The average Bonchev–Trinajstić information content (AvgIpc) is 2.53. The normalized spacial score (nSPS) is 11.7. The maximum atomic E-state index is 13.2. The zero-order valence-electron chi connectivity index (χ0n) is 12.3. The summed E-state index contributed by atoms with van der Waals surface area (Å²) >= 11 is 1.33. The largest absolute Gasteiger partial charge is 0.416 e. The van der Waals surface area contributed by atoms with Crippen molar-refractivity contribution >= 4 is 17.7 Å². The fourth-order valence-corrected chi connectivity index (χ4v) is 2.50. The van der Waals surface area contributed by atoms with Gasteiger partial charge >= 0.3 is 6.18 Å². The Morgan fingerprint density at radius 1 is 1.12 bits per heavy atom. The summed E-state index contributed by atoms with van der Waals surface area (Å²) in [6.45, 7) is -0.194. The molecule has 0 aliphatic rings. The number of nitrogens with one attached hydrogen (secondary N) is 1. The van der Waals surface area contributed by atoms with Crippen molar-refractivity contribution in [1.82, 2.24) is 5.32 Å². The topological polar surface area (TPSA) is 29.1 Å². The van der Waals surface area contributed by atoms with E-state index in [9.17, 15) is 22.4 Å². The third kappa shape index (κ3) is 5.73. The summed E-state index contributed by atoms with van der Waals surface area (Å²) < 4.78 is 51.1. The van der Waals surface area contributed by atoms with Crippen LogP contribution >= 0.6 is 11.8 Å². The molecule has 0 atom stereocenters. The first-order valence-corrected chi connectivity index (χ1v) is 7.75. The molecule has 1 N–H and O–H groups in total. The SMILES string of the molecule is O=C(/C=C/Sc1ccccc1)NCc1cc(F)cc(C(F)(F)F)c1. The number of rotatable bonds is 5. The maximum absolute atomic E-state index is 13.2. The summed E-state index contributed by atoms with van der Waals surface area (Å²) in [5.74, 6) is -1.47. The summed E-state index contributed by atoms with van der Waals surface area (Å²) in [7, 11) is 0. The van der Waals surface area contributed by atoms with E-state index >= 15 is 0 Å². The summed E-state index contributed by atoms with van der Waals surface area (Å²) in [6.07, 6.45) is -3.37. The monoisotopic (exact) mass is 355 g/mol. The van der Waals surface area contributed by atoms with Gasteiger partial charge in [0.15, 0.2) is 0 Å². The van der Waals surface area contributed by atoms with Gasteiger partial charge in [-0.15, -0.1) is 0 Å². The standard InChI is InChI=1S/C17H13F4NOS/c18-14-9-12(8-13(10-14)17(19,20)21)11-22-16(23)6-7-24-15-4-2-1-3-5-15/h1-10H,11H2,(H,22,23)/b7-6+. The van der Waals surface area contributed by atoms with Gasteiger partial charge in [-0.05, 0) is 41.3 Å². The predicted octanol–water partition coefficient (Wildman–Crippen LogP) is 4.77. The number of amides is 1. The van der Waals surface area contributed by atoms with Gasteiger partial charge in [-0.3, -0.25) is 4.79 Å². The van der Waals surface area contributed by atoms with E-state index in [2.05, 4.69) is 5.32 Å². The molecule has 0 saturated carbocycles. The second-order valence-electron chi connectivity index (χ2n) is 4.80. The minimum absolute atomic E-state index is 0.0415. The smallest absolute Gasteiger partial charge is 0.348 e. The van der Waals surface area contributed by atoms with Crippen molar-refractivity contribution in [3.8, 4) is 0 Å². The van der Waals surface area contributed by atoms with E-state index < -0.39 is 23.5 Å². The van der Waals surface area contributed by atoms with Crippen molar-refractivity contribution < 1.29 is 22.4 Å². The van der Waals surface area contributed by atoms with Crippen molar-refractivity contribution in [3.63, 3.8) is 0 Å². The van der Waals surface area contributed by atoms with Crippen LogP contribution in [0.3, 0.4) is 0 Å². The van der Waals surface area contributed by atoms with Gasteiger partial charge in [-0.2, -0.15) is 13.2 Å². The molecule has 0 heterocycles. The molecule has 0 bridgehead atoms. The molecule has 0 saturated heterocycles. The van der Waals surface area contributed by atoms with E-state index in [4.69, 9.17) is 0 Å². The van der Waals surface area contributed by atoms with Crippen LogP contribution in [0.15, 0.2) is 64.9 Å². The van der Waals surface area contributed by atoms with Crippen molar-refractivity contribution in [2.75, 3.05) is 0 Å². The predicted molar refractivity (Wildman–Crippen MR) is 84.7 cm³/mol. The molecule has 2 aromatic carbocycles. The minimum atomic E-state index is -4.63. The first kappa shape index (κ1) is 18.1. The van der Waals surface area contributed by atoms with Gasteiger partial charge < -0.3 is 5.32 Å². The lowest BCUT2D eigenvalue weighted by Crippen LogP contribution is -2.20. The zero-order valence-corrected chi connectivity index (χ0v) is 13.1. The Morgan fingerprint density at radius 2 is 1.83 bits per heavy atom. The van der Waals surface area contributed by atoms with Crippen molar-refractivity contribution in [2.24, 2.45) is 0 Å². The van der Waals surface area contributed by atoms with Crippen LogP contribution in [0, 0.1) is 5.82 Å². The quantitative estimate of drug-likeness (QED) is 0.476. The highest BCUT2D eigenvalue weighted by Gasteiger charge is 2.31. The van der Waals surface area contributed by atoms with Crippen LogP contribution < -0.4 is 5.32 Å². The number of hydrogen-bond acceptors (Lipinski definition) is 2. The van der Waals surface area contributed by atoms with Crippen LogP contribution in [0.2, 0.25) is 0 Å². The Hall–Kier alpha value is -2.28. The molecule has 2 rings (SSSR count). The van der Waals surface area contributed by atoms with Crippen molar-refractivity contribution in [3.05, 3.63) is 77.0 Å². The molecule has 2 nitrogen and oxygen atoms in total. The molecule has 0 fully saturated rings. The van der Waals surface area contributed by atoms with Crippen molar-refractivity contribution in [2.45, 2.75) is 17.6 Å². The Kier molecular flexibility index (Phi) is 6.03. The molecule has 2 aromatic rings. The Balaban J connectivity index is 1.91. The van der Waals surface area contributed by atoms with Crippen LogP contribution in [0.1, 0.15) is 11.1 Å². The summed E-state index contributed by atoms with van der Waals surface area (Å²) in [6, 6.07) is 11.5. The zero-order chi connectivity index (χ0) is 17.6. The lowest BCUT2D eigenvalue weighted by Gasteiger charge is -2.09. The summed E-state index contributed by atoms with van der Waals surface area (Å²) in [5, 5.41) is 3.98. The Labute approximate surface area is 140 Å². The van der Waals surface area contributed by atoms with Crippen LogP contribution in [-0.2, 0) is 17.5 Å². The molecule has 0 aromatic heterocycles. The first-order valence-electron chi connectivity index (χ1n) is 6.87. The minimum Gasteiger partial charge on any atom is -0.348 e. The fourth-order valence-electron chi connectivity index (χ4n) is 1.84. The van der Waals surface area contributed by atoms with E-state index in [1.54, 1.807) is 5.41 Å². The third-order valence-electron chi connectivity index (χ3n) is 2.92. The van der Waals surface area contributed by atoms with Crippen LogP contribution in [0.5, 0.6) is 0 Å². The molecule has 0 radical (unpaired) electrons. The van der Waals surface area contributed by atoms with Gasteiger partial charge in [-0.25, -0.2) is 4.39 Å². The fraction of sp³-hybridized carbons (Fsp3) is 0.118. The third-order valence-corrected chi connectivity index (χ3v) is 3.73. The van der Waals surface area contributed by atoms with E-state index in [0.29, 0.717) is 6.07 Å². The van der Waals surface area contributed by atoms with Gasteiger partial charge in [0.2, 0.25) is 5.91 Å². The molecule has 0 aliphatic carbocycles. The Bertz CT molecular complexity index is 729. The van der Waals surface area contributed by atoms with Gasteiger partial charge in [0.1, 0.15) is 5.82 Å². The second kappa shape index (κ2) is 8.01. The molecule has 0 unspecified atom stereocenters. The lowest BCUT2D eigenvalue weighted by atomic mass is 10.1. The summed E-state index contributed by atoms with van der Waals surface area (Å²) in [5.41, 5.74) is -1.04. The molecule has 1 amide bonds. The number of hydrogen-bond donors (Lipinski definition) is 1. The maximum Gasteiger partial charge on any atom is 0.416 e. The lowest BCUT2D eigenvalue weighted by molar-refractivity contribution is -0.137. The number of carbonyl (C=O) groups is 1. The molecule has 126 valence electrons. The number of halogens is 4. The number of thioether (sulfide) groups is 1. The van der Waals surface area contributed by atoms with Crippen molar-refractivity contribution in [1.29, 1.82) is 0 Å². The van der Waals surface area contributed by atoms with Crippen LogP contribution in [0.25, 0.3) is 0 Å². The number of alkyl halides is 3. The van der Waals surface area contributed by atoms with Gasteiger partial charge in [0.05, 0.1) is 5.56 Å². The highest BCUT2D eigenvalue weighted by Crippen LogP contribution is 2.30. The second-order valence-corrected chi connectivity index (χ2v) is 5.78. The molecule has 24 heavy (non-hydrogen) atoms. The van der Waals surface area contributed by atoms with Crippen LogP contribution in [0.4, 0.5) is 17.6 Å². The number of carbonyl (C=O) groups excluding carboxylic acids is 1.